The van der Waals surface area contributed by atoms with Crippen LogP contribution in [0.15, 0.2) is 177 Å². The van der Waals surface area contributed by atoms with E-state index in [9.17, 15) is 0 Å². The molecule has 5 aromatic heterocycles. The highest BCUT2D eigenvalue weighted by Crippen LogP contribution is 2.39. The Balaban J connectivity index is 0.972. The molecule has 0 fully saturated rings. The molecule has 5 heterocycles. The molecule has 8 nitrogen and oxygen atoms in total. The largest absolute Gasteiger partial charge is 0.436 e. The Labute approximate surface area is 307 Å². The lowest BCUT2D eigenvalue weighted by Gasteiger charge is -2.26. The van der Waals surface area contributed by atoms with Crippen LogP contribution in [-0.4, -0.2) is 19.9 Å². The van der Waals surface area contributed by atoms with E-state index < -0.39 is 0 Å². The van der Waals surface area contributed by atoms with E-state index >= 15 is 0 Å². The van der Waals surface area contributed by atoms with Crippen molar-refractivity contribution in [3.05, 3.63) is 164 Å². The van der Waals surface area contributed by atoms with Crippen molar-refractivity contribution in [2.45, 2.75) is 0 Å². The minimum atomic E-state index is 0.587. The van der Waals surface area contributed by atoms with E-state index in [1.54, 1.807) is 12.4 Å². The van der Waals surface area contributed by atoms with Crippen LogP contribution in [0.3, 0.4) is 0 Å². The van der Waals surface area contributed by atoms with Gasteiger partial charge in [-0.2, -0.15) is 0 Å². The molecule has 0 saturated heterocycles. The molecule has 0 atom stereocenters. The van der Waals surface area contributed by atoms with E-state index in [1.807, 2.05) is 60.7 Å². The zero-order chi connectivity index (χ0) is 35.6. The summed E-state index contributed by atoms with van der Waals surface area (Å²) in [5.41, 5.74) is 11.2. The zero-order valence-electron chi connectivity index (χ0n) is 28.5. The van der Waals surface area contributed by atoms with Crippen molar-refractivity contribution < 1.29 is 13.3 Å². The van der Waals surface area contributed by atoms with Crippen molar-refractivity contribution in [1.29, 1.82) is 0 Å². The molecule has 0 aliphatic rings. The average molecular weight is 698 g/mol. The number of nitrogens with zero attached hydrogens (tertiary/aromatic N) is 5. The summed E-state index contributed by atoms with van der Waals surface area (Å²) in [6, 6.07) is 51.2. The van der Waals surface area contributed by atoms with Crippen molar-refractivity contribution in [2.75, 3.05) is 4.90 Å². The molecule has 0 aliphatic carbocycles. The van der Waals surface area contributed by atoms with E-state index in [0.717, 1.165) is 88.8 Å². The molecule has 254 valence electrons. The number of benzene rings is 6. The van der Waals surface area contributed by atoms with Crippen LogP contribution in [0.2, 0.25) is 0 Å². The average Bonchev–Trinajstić information content (AvgIpc) is 3.96. The third-order valence-electron chi connectivity index (χ3n) is 9.85. The number of oxazole rings is 2. The Morgan fingerprint density at radius 1 is 0.426 bits per heavy atom. The molecule has 54 heavy (non-hydrogen) atoms. The minimum Gasteiger partial charge on any atom is -0.436 e. The van der Waals surface area contributed by atoms with Crippen LogP contribution in [0.25, 0.3) is 89.2 Å². The molecule has 0 unspecified atom stereocenters. The van der Waals surface area contributed by atoms with Gasteiger partial charge in [-0.3, -0.25) is 4.98 Å². The van der Waals surface area contributed by atoms with E-state index in [-0.39, 0.29) is 0 Å². The highest BCUT2D eigenvalue weighted by Gasteiger charge is 2.17. The Hall–Kier alpha value is -7.58. The quantitative estimate of drug-likeness (QED) is 0.169. The molecule has 0 amide bonds. The van der Waals surface area contributed by atoms with Gasteiger partial charge in [0.2, 0.25) is 17.5 Å². The summed E-state index contributed by atoms with van der Waals surface area (Å²) in [6.07, 6.45) is 3.50. The van der Waals surface area contributed by atoms with Crippen molar-refractivity contribution in [3.8, 4) is 34.2 Å². The predicted octanol–water partition coefficient (Wildman–Crippen LogP) is 12.3. The van der Waals surface area contributed by atoms with Gasteiger partial charge in [-0.15, -0.1) is 0 Å². The number of hydrogen-bond acceptors (Lipinski definition) is 8. The molecule has 0 radical (unpaired) electrons. The van der Waals surface area contributed by atoms with Crippen LogP contribution >= 0.6 is 0 Å². The maximum absolute atomic E-state index is 6.07. The van der Waals surface area contributed by atoms with E-state index in [2.05, 4.69) is 101 Å². The lowest BCUT2D eigenvalue weighted by molar-refractivity contribution is 0.619. The van der Waals surface area contributed by atoms with Crippen molar-refractivity contribution in [3.63, 3.8) is 0 Å². The fourth-order valence-electron chi connectivity index (χ4n) is 7.15. The maximum Gasteiger partial charge on any atom is 0.227 e. The lowest BCUT2D eigenvalue weighted by Crippen LogP contribution is -2.09. The van der Waals surface area contributed by atoms with Gasteiger partial charge in [0, 0.05) is 50.7 Å². The highest BCUT2D eigenvalue weighted by molar-refractivity contribution is 6.04. The van der Waals surface area contributed by atoms with Gasteiger partial charge in [0.15, 0.2) is 16.7 Å². The van der Waals surface area contributed by atoms with Crippen molar-refractivity contribution >= 4 is 72.1 Å². The molecule has 0 N–H and O–H groups in total. The normalized spacial score (nSPS) is 11.7. The summed E-state index contributed by atoms with van der Waals surface area (Å²) in [6.45, 7) is 0. The number of aromatic nitrogens is 4. The van der Waals surface area contributed by atoms with Crippen molar-refractivity contribution in [2.24, 2.45) is 0 Å². The number of pyridine rings is 2. The van der Waals surface area contributed by atoms with E-state index in [4.69, 9.17) is 28.2 Å². The van der Waals surface area contributed by atoms with Crippen LogP contribution in [0.1, 0.15) is 0 Å². The Bertz CT molecular complexity index is 3000. The summed E-state index contributed by atoms with van der Waals surface area (Å²) in [4.78, 5) is 20.7. The molecule has 0 aliphatic heterocycles. The van der Waals surface area contributed by atoms with E-state index in [0.29, 0.717) is 17.5 Å². The first kappa shape index (κ1) is 30.1. The summed E-state index contributed by atoms with van der Waals surface area (Å²) in [7, 11) is 0. The second-order valence-corrected chi connectivity index (χ2v) is 13.2. The lowest BCUT2D eigenvalue weighted by atomic mass is 10.0. The smallest absolute Gasteiger partial charge is 0.227 e. The van der Waals surface area contributed by atoms with Gasteiger partial charge in [0.05, 0.1) is 11.9 Å². The molecule has 0 bridgehead atoms. The summed E-state index contributed by atoms with van der Waals surface area (Å²) in [5.74, 6) is 1.17. The fourth-order valence-corrected chi connectivity index (χ4v) is 7.15. The van der Waals surface area contributed by atoms with E-state index in [1.165, 1.54) is 0 Å². The van der Waals surface area contributed by atoms with Gasteiger partial charge in [-0.25, -0.2) is 15.0 Å². The van der Waals surface area contributed by atoms with Gasteiger partial charge in [0.1, 0.15) is 11.0 Å². The predicted molar refractivity (Wildman–Crippen MR) is 213 cm³/mol. The Morgan fingerprint density at radius 2 is 1.02 bits per heavy atom. The summed E-state index contributed by atoms with van der Waals surface area (Å²) in [5, 5.41) is 4.19. The first-order chi connectivity index (χ1) is 26.7. The molecular formula is C46H27N5O3. The van der Waals surface area contributed by atoms with Crippen LogP contribution in [-0.2, 0) is 0 Å². The second kappa shape index (κ2) is 12.0. The molecule has 0 saturated carbocycles. The monoisotopic (exact) mass is 697 g/mol. The van der Waals surface area contributed by atoms with Crippen LogP contribution in [0.4, 0.5) is 17.1 Å². The number of furan rings is 1. The zero-order valence-corrected chi connectivity index (χ0v) is 28.5. The molecule has 0 spiro atoms. The van der Waals surface area contributed by atoms with Gasteiger partial charge < -0.3 is 18.2 Å². The molecular weight excluding hydrogens is 671 g/mol. The highest BCUT2D eigenvalue weighted by atomic mass is 16.4. The standard InChI is InChI=1S/C46H27N5O3/c1-3-7-41-39(5-1)49-44(52-41)28-11-16-33(17-12-28)51(34-18-13-29(14-19-34)45-50-40-6-2-4-8-42(40)53-45)35-20-15-30-25-32(10-9-31(30)26-35)38-22-21-37-36-23-24-47-27-43(36)54-46(37)48-38/h1-27H. The van der Waals surface area contributed by atoms with Gasteiger partial charge in [0.25, 0.3) is 0 Å². The SMILES string of the molecule is c1ccc2oc(-c3ccc(N(c4ccc(-c5nc6ccccc6o5)cc4)c4ccc5cc(-c6ccc7c(n6)oc6cnccc67)ccc5c4)cc3)nc2c1. The van der Waals surface area contributed by atoms with Gasteiger partial charge >= 0.3 is 0 Å². The fraction of sp³-hybridized carbons (Fsp3) is 0. The Morgan fingerprint density at radius 3 is 1.69 bits per heavy atom. The molecule has 11 rings (SSSR count). The number of rotatable bonds is 6. The molecule has 11 aromatic rings. The first-order valence-electron chi connectivity index (χ1n) is 17.6. The topological polar surface area (TPSA) is 94.2 Å². The Kier molecular flexibility index (Phi) is 6.69. The maximum atomic E-state index is 6.07. The third kappa shape index (κ3) is 5.08. The molecule has 8 heteroatoms. The minimum absolute atomic E-state index is 0.587. The second-order valence-electron chi connectivity index (χ2n) is 13.2. The third-order valence-corrected chi connectivity index (χ3v) is 9.85. The first-order valence-corrected chi connectivity index (χ1v) is 17.6. The number of hydrogen-bond donors (Lipinski definition) is 0. The van der Waals surface area contributed by atoms with Crippen LogP contribution < -0.4 is 4.90 Å². The van der Waals surface area contributed by atoms with Gasteiger partial charge in [-0.1, -0.05) is 42.5 Å². The summed E-state index contributed by atoms with van der Waals surface area (Å²) >= 11 is 0. The summed E-state index contributed by atoms with van der Waals surface area (Å²) < 4.78 is 18.2. The van der Waals surface area contributed by atoms with Crippen LogP contribution in [0, 0.1) is 0 Å². The van der Waals surface area contributed by atoms with Crippen LogP contribution in [0.5, 0.6) is 0 Å². The van der Waals surface area contributed by atoms with Gasteiger partial charge in [-0.05, 0) is 120 Å². The number of anilines is 3. The molecule has 6 aromatic carbocycles. The van der Waals surface area contributed by atoms with Crippen molar-refractivity contribution in [1.82, 2.24) is 19.9 Å². The number of para-hydroxylation sites is 4. The number of fused-ring (bicyclic) bond motifs is 6.